The second-order valence-corrected chi connectivity index (χ2v) is 4.27. The molecule has 0 aromatic carbocycles. The topological polar surface area (TPSA) is 45.2 Å². The van der Waals surface area contributed by atoms with Crippen LogP contribution in [0.3, 0.4) is 0 Å². The van der Waals surface area contributed by atoms with Crippen LogP contribution in [-0.2, 0) is 4.79 Å². The number of likely N-dealkylation sites (N-methyl/N-ethyl adjacent to an activating group) is 1. The molecule has 0 bridgehead atoms. The van der Waals surface area contributed by atoms with Crippen molar-refractivity contribution in [2.45, 2.75) is 25.4 Å². The van der Waals surface area contributed by atoms with E-state index in [0.717, 1.165) is 18.5 Å². The van der Waals surface area contributed by atoms with E-state index in [-0.39, 0.29) is 18.0 Å². The molecule has 16 heavy (non-hydrogen) atoms. The second kappa shape index (κ2) is 4.61. The minimum atomic E-state index is -0.0341. The van der Waals surface area contributed by atoms with E-state index in [9.17, 15) is 4.79 Å². The van der Waals surface area contributed by atoms with Crippen LogP contribution in [0.2, 0.25) is 0 Å². The van der Waals surface area contributed by atoms with Crippen LogP contribution in [0.25, 0.3) is 0 Å². The summed E-state index contributed by atoms with van der Waals surface area (Å²) in [6.07, 6.45) is 4.44. The first-order valence-corrected chi connectivity index (χ1v) is 5.59. The molecular weight excluding hydrogens is 202 g/mol. The van der Waals surface area contributed by atoms with Crippen molar-refractivity contribution < 1.29 is 4.79 Å². The summed E-state index contributed by atoms with van der Waals surface area (Å²) in [5, 5.41) is 3.36. The highest BCUT2D eigenvalue weighted by Crippen LogP contribution is 2.16. The number of nitrogens with zero attached hydrogens (tertiary/aromatic N) is 2. The lowest BCUT2D eigenvalue weighted by Crippen LogP contribution is -2.38. The molecule has 1 aromatic rings. The number of likely N-dealkylation sites (tertiary alicyclic amines) is 1. The van der Waals surface area contributed by atoms with Gasteiger partial charge in [0.2, 0.25) is 5.91 Å². The Morgan fingerprint density at radius 1 is 1.50 bits per heavy atom. The fraction of sp³-hybridized carbons (Fsp3) is 0.500. The summed E-state index contributed by atoms with van der Waals surface area (Å²) in [6, 6.07) is 4.10. The van der Waals surface area contributed by atoms with E-state index in [1.165, 1.54) is 0 Å². The number of nitrogens with one attached hydrogen (secondary N) is 1. The van der Waals surface area contributed by atoms with Gasteiger partial charge in [0.15, 0.2) is 0 Å². The average Bonchev–Trinajstić information content (AvgIpc) is 2.62. The molecule has 1 unspecified atom stereocenters. The Morgan fingerprint density at radius 3 is 2.75 bits per heavy atom. The quantitative estimate of drug-likeness (QED) is 0.823. The molecule has 1 aromatic heterocycles. The summed E-state index contributed by atoms with van der Waals surface area (Å²) >= 11 is 0. The van der Waals surface area contributed by atoms with E-state index >= 15 is 0 Å². The summed E-state index contributed by atoms with van der Waals surface area (Å²) in [5.41, 5.74) is 1.16. The molecule has 2 rings (SSSR count). The fourth-order valence-corrected chi connectivity index (χ4v) is 2.03. The van der Waals surface area contributed by atoms with Gasteiger partial charge in [-0.1, -0.05) is 0 Å². The Labute approximate surface area is 95.7 Å². The zero-order chi connectivity index (χ0) is 11.5. The van der Waals surface area contributed by atoms with Gasteiger partial charge < -0.3 is 4.90 Å². The van der Waals surface area contributed by atoms with Gasteiger partial charge in [-0.15, -0.1) is 0 Å². The highest BCUT2D eigenvalue weighted by molar-refractivity contribution is 5.83. The van der Waals surface area contributed by atoms with E-state index in [1.54, 1.807) is 17.3 Å². The molecule has 1 saturated heterocycles. The van der Waals surface area contributed by atoms with Crippen molar-refractivity contribution in [3.63, 3.8) is 0 Å². The van der Waals surface area contributed by atoms with E-state index in [1.807, 2.05) is 19.2 Å². The van der Waals surface area contributed by atoms with Crippen molar-refractivity contribution in [2.75, 3.05) is 13.6 Å². The lowest BCUT2D eigenvalue weighted by atomic mass is 10.1. The zero-order valence-electron chi connectivity index (χ0n) is 9.68. The van der Waals surface area contributed by atoms with Gasteiger partial charge in [0.05, 0.1) is 6.04 Å². The molecule has 4 heteroatoms. The van der Waals surface area contributed by atoms with Gasteiger partial charge in [0.25, 0.3) is 0 Å². The standard InChI is InChI=1S/C12H17N3O/c1-9(10-3-6-13-7-4-10)14-11-5-8-15(2)12(11)16/h3-4,6-7,9,11,14H,5,8H2,1-2H3/t9-,11?/m1/s1. The maximum atomic E-state index is 11.7. The van der Waals surface area contributed by atoms with E-state index in [0.29, 0.717) is 0 Å². The molecule has 1 fully saturated rings. The zero-order valence-corrected chi connectivity index (χ0v) is 9.68. The van der Waals surface area contributed by atoms with Crippen molar-refractivity contribution in [3.05, 3.63) is 30.1 Å². The van der Waals surface area contributed by atoms with Gasteiger partial charge in [-0.3, -0.25) is 15.1 Å². The van der Waals surface area contributed by atoms with Crippen LogP contribution in [-0.4, -0.2) is 35.4 Å². The maximum absolute atomic E-state index is 11.7. The van der Waals surface area contributed by atoms with Gasteiger partial charge >= 0.3 is 0 Å². The summed E-state index contributed by atoms with van der Waals surface area (Å²) < 4.78 is 0. The van der Waals surface area contributed by atoms with Gasteiger partial charge in [-0.25, -0.2) is 0 Å². The third-order valence-electron chi connectivity index (χ3n) is 3.08. The summed E-state index contributed by atoms with van der Waals surface area (Å²) in [6.45, 7) is 2.92. The highest BCUT2D eigenvalue weighted by Gasteiger charge is 2.29. The molecule has 0 aliphatic carbocycles. The molecule has 1 aliphatic rings. The number of aromatic nitrogens is 1. The number of amides is 1. The lowest BCUT2D eigenvalue weighted by Gasteiger charge is -2.18. The van der Waals surface area contributed by atoms with E-state index in [2.05, 4.69) is 17.2 Å². The van der Waals surface area contributed by atoms with E-state index in [4.69, 9.17) is 0 Å². The van der Waals surface area contributed by atoms with Gasteiger partial charge in [0, 0.05) is 32.0 Å². The predicted octanol–water partition coefficient (Wildman–Crippen LogP) is 0.963. The smallest absolute Gasteiger partial charge is 0.239 e. The summed E-state index contributed by atoms with van der Waals surface area (Å²) in [7, 11) is 1.85. The maximum Gasteiger partial charge on any atom is 0.239 e. The molecule has 1 aliphatic heterocycles. The van der Waals surface area contributed by atoms with Crippen LogP contribution in [0.5, 0.6) is 0 Å². The third-order valence-corrected chi connectivity index (χ3v) is 3.08. The Balaban J connectivity index is 1.98. The Kier molecular flexibility index (Phi) is 3.19. The first-order chi connectivity index (χ1) is 7.68. The number of hydrogen-bond donors (Lipinski definition) is 1. The molecule has 86 valence electrons. The average molecular weight is 219 g/mol. The molecule has 2 heterocycles. The van der Waals surface area contributed by atoms with Crippen LogP contribution >= 0.6 is 0 Å². The van der Waals surface area contributed by atoms with Crippen molar-refractivity contribution in [1.29, 1.82) is 0 Å². The third kappa shape index (κ3) is 2.22. The molecule has 0 saturated carbocycles. The van der Waals surface area contributed by atoms with Crippen molar-refractivity contribution >= 4 is 5.91 Å². The SMILES string of the molecule is C[C@@H](NC1CCN(C)C1=O)c1ccncc1. The van der Waals surface area contributed by atoms with Crippen molar-refractivity contribution in [2.24, 2.45) is 0 Å². The van der Waals surface area contributed by atoms with Crippen LogP contribution in [0.1, 0.15) is 24.9 Å². The second-order valence-electron chi connectivity index (χ2n) is 4.27. The van der Waals surface area contributed by atoms with Crippen LogP contribution in [0.15, 0.2) is 24.5 Å². The fourth-order valence-electron chi connectivity index (χ4n) is 2.03. The van der Waals surface area contributed by atoms with Gasteiger partial charge in [-0.05, 0) is 31.0 Å². The van der Waals surface area contributed by atoms with Crippen molar-refractivity contribution in [1.82, 2.24) is 15.2 Å². The number of carbonyl (C=O) groups excluding carboxylic acids is 1. The molecule has 4 nitrogen and oxygen atoms in total. The van der Waals surface area contributed by atoms with Crippen LogP contribution in [0.4, 0.5) is 0 Å². The van der Waals surface area contributed by atoms with Crippen LogP contribution in [0, 0.1) is 0 Å². The van der Waals surface area contributed by atoms with Gasteiger partial charge in [-0.2, -0.15) is 0 Å². The predicted molar refractivity (Wildman–Crippen MR) is 61.8 cm³/mol. The monoisotopic (exact) mass is 219 g/mol. The number of hydrogen-bond acceptors (Lipinski definition) is 3. The Bertz CT molecular complexity index is 366. The lowest BCUT2D eigenvalue weighted by molar-refractivity contribution is -0.128. The molecule has 2 atom stereocenters. The van der Waals surface area contributed by atoms with Crippen LogP contribution < -0.4 is 5.32 Å². The first kappa shape index (κ1) is 11.1. The van der Waals surface area contributed by atoms with Gasteiger partial charge in [0.1, 0.15) is 0 Å². The summed E-state index contributed by atoms with van der Waals surface area (Å²) in [5.74, 6) is 0.195. The molecule has 0 spiro atoms. The normalized spacial score (nSPS) is 22.5. The first-order valence-electron chi connectivity index (χ1n) is 5.59. The largest absolute Gasteiger partial charge is 0.344 e. The number of carbonyl (C=O) groups is 1. The highest BCUT2D eigenvalue weighted by atomic mass is 16.2. The van der Waals surface area contributed by atoms with Crippen molar-refractivity contribution in [3.8, 4) is 0 Å². The molecule has 1 N–H and O–H groups in total. The minimum absolute atomic E-state index is 0.0341. The number of rotatable bonds is 3. The molecule has 0 radical (unpaired) electrons. The van der Waals surface area contributed by atoms with E-state index < -0.39 is 0 Å². The Morgan fingerprint density at radius 2 is 2.19 bits per heavy atom. The summed E-state index contributed by atoms with van der Waals surface area (Å²) in [4.78, 5) is 17.5. The number of pyridine rings is 1. The molecular formula is C12H17N3O. The minimum Gasteiger partial charge on any atom is -0.344 e. The molecule has 1 amide bonds. The Hall–Kier alpha value is -1.42.